The molecular weight excluding hydrogens is 244 g/mol. The number of hydrogen-bond donors (Lipinski definition) is 2. The van der Waals surface area contributed by atoms with Gasteiger partial charge in [-0.3, -0.25) is 4.79 Å². The van der Waals surface area contributed by atoms with Gasteiger partial charge >= 0.3 is 0 Å². The molecule has 100 valence electrons. The summed E-state index contributed by atoms with van der Waals surface area (Å²) in [5.41, 5.74) is 7.59. The molecule has 0 bridgehead atoms. The second-order valence-corrected chi connectivity index (χ2v) is 4.08. The van der Waals surface area contributed by atoms with Gasteiger partial charge in [-0.05, 0) is 17.7 Å². The first-order valence-electron chi connectivity index (χ1n) is 5.80. The lowest BCUT2D eigenvalue weighted by Crippen LogP contribution is -2.16. The maximum atomic E-state index is 12.1. The second-order valence-electron chi connectivity index (χ2n) is 4.08. The van der Waals surface area contributed by atoms with Crippen LogP contribution in [0.1, 0.15) is 16.1 Å². The Morgan fingerprint density at radius 1 is 1.53 bits per heavy atom. The Balaban J connectivity index is 2.24. The summed E-state index contributed by atoms with van der Waals surface area (Å²) in [6.07, 6.45) is 3.08. The fraction of sp³-hybridized carbons (Fsp3) is 0.231. The molecule has 0 atom stereocenters. The molecule has 2 aromatic rings. The number of nitrogens with zero attached hydrogens (tertiary/aromatic N) is 2. The predicted molar refractivity (Wildman–Crippen MR) is 72.0 cm³/mol. The maximum absolute atomic E-state index is 12.1. The van der Waals surface area contributed by atoms with Gasteiger partial charge in [0.25, 0.3) is 5.91 Å². The van der Waals surface area contributed by atoms with Gasteiger partial charge in [-0.2, -0.15) is 0 Å². The lowest BCUT2D eigenvalue weighted by atomic mass is 10.2. The lowest BCUT2D eigenvalue weighted by molar-refractivity contribution is 0.101. The Morgan fingerprint density at radius 2 is 2.32 bits per heavy atom. The van der Waals surface area contributed by atoms with Gasteiger partial charge in [0.2, 0.25) is 0 Å². The summed E-state index contributed by atoms with van der Waals surface area (Å²) in [6.45, 7) is 0.423. The van der Waals surface area contributed by atoms with Crippen LogP contribution in [0.15, 0.2) is 30.7 Å². The molecule has 2 rings (SSSR count). The first kappa shape index (κ1) is 13.1. The third-order valence-corrected chi connectivity index (χ3v) is 2.80. The Labute approximate surface area is 111 Å². The smallest absolute Gasteiger partial charge is 0.274 e. The molecule has 1 heterocycles. The van der Waals surface area contributed by atoms with Gasteiger partial charge in [0.05, 0.1) is 25.3 Å². The zero-order valence-electron chi connectivity index (χ0n) is 10.9. The summed E-state index contributed by atoms with van der Waals surface area (Å²) in [5.74, 6) is 0.345. The van der Waals surface area contributed by atoms with Crippen molar-refractivity contribution in [2.75, 3.05) is 12.4 Å². The van der Waals surface area contributed by atoms with E-state index in [4.69, 9.17) is 10.5 Å². The van der Waals surface area contributed by atoms with Crippen molar-refractivity contribution in [3.63, 3.8) is 0 Å². The molecule has 1 amide bonds. The minimum Gasteiger partial charge on any atom is -0.495 e. The van der Waals surface area contributed by atoms with Crippen molar-refractivity contribution in [3.05, 3.63) is 42.0 Å². The van der Waals surface area contributed by atoms with E-state index in [2.05, 4.69) is 10.3 Å². The molecule has 0 saturated heterocycles. The van der Waals surface area contributed by atoms with Gasteiger partial charge in [-0.25, -0.2) is 4.98 Å². The van der Waals surface area contributed by atoms with Crippen molar-refractivity contribution in [2.24, 2.45) is 12.8 Å². The molecule has 6 heteroatoms. The van der Waals surface area contributed by atoms with Crippen LogP contribution in [0.4, 0.5) is 5.69 Å². The number of aromatic nitrogens is 2. The number of nitrogens with one attached hydrogen (secondary N) is 1. The van der Waals surface area contributed by atoms with Crippen molar-refractivity contribution in [1.29, 1.82) is 0 Å². The van der Waals surface area contributed by atoms with Crippen LogP contribution >= 0.6 is 0 Å². The molecule has 0 spiro atoms. The zero-order valence-corrected chi connectivity index (χ0v) is 10.9. The summed E-state index contributed by atoms with van der Waals surface area (Å²) in [4.78, 5) is 16.0. The molecule has 0 fully saturated rings. The summed E-state index contributed by atoms with van der Waals surface area (Å²) in [5, 5.41) is 2.79. The number of aryl methyl sites for hydroxylation is 1. The molecule has 0 aliphatic carbocycles. The van der Waals surface area contributed by atoms with E-state index in [-0.39, 0.29) is 5.91 Å². The van der Waals surface area contributed by atoms with Crippen molar-refractivity contribution in [2.45, 2.75) is 6.54 Å². The summed E-state index contributed by atoms with van der Waals surface area (Å²) in [7, 11) is 3.31. The minimum atomic E-state index is -0.237. The number of imidazole rings is 1. The molecule has 0 unspecified atom stereocenters. The van der Waals surface area contributed by atoms with E-state index < -0.39 is 0 Å². The predicted octanol–water partition coefficient (Wildman–Crippen LogP) is 1.14. The molecule has 0 aliphatic rings. The van der Waals surface area contributed by atoms with Crippen molar-refractivity contribution >= 4 is 11.6 Å². The molecule has 19 heavy (non-hydrogen) atoms. The number of benzene rings is 1. The quantitative estimate of drug-likeness (QED) is 0.863. The number of methoxy groups -OCH3 is 1. The van der Waals surface area contributed by atoms with Crippen molar-refractivity contribution in [3.8, 4) is 5.75 Å². The van der Waals surface area contributed by atoms with E-state index in [1.54, 1.807) is 37.2 Å². The van der Waals surface area contributed by atoms with Crippen LogP contribution in [-0.2, 0) is 13.6 Å². The normalized spacial score (nSPS) is 10.3. The van der Waals surface area contributed by atoms with Crippen LogP contribution in [0.25, 0.3) is 0 Å². The number of nitrogens with two attached hydrogens (primary N) is 1. The van der Waals surface area contributed by atoms with Crippen LogP contribution in [0.2, 0.25) is 0 Å². The zero-order chi connectivity index (χ0) is 13.8. The summed E-state index contributed by atoms with van der Waals surface area (Å²) >= 11 is 0. The number of hydrogen-bond acceptors (Lipinski definition) is 4. The summed E-state index contributed by atoms with van der Waals surface area (Å²) in [6, 6.07) is 5.43. The first-order valence-corrected chi connectivity index (χ1v) is 5.80. The number of amides is 1. The Hall–Kier alpha value is -2.34. The lowest BCUT2D eigenvalue weighted by Gasteiger charge is -2.11. The van der Waals surface area contributed by atoms with E-state index in [0.717, 1.165) is 5.56 Å². The third kappa shape index (κ3) is 2.74. The van der Waals surface area contributed by atoms with E-state index in [1.165, 1.54) is 6.20 Å². The molecule has 1 aromatic carbocycles. The highest BCUT2D eigenvalue weighted by atomic mass is 16.5. The highest BCUT2D eigenvalue weighted by molar-refractivity contribution is 6.03. The van der Waals surface area contributed by atoms with Crippen LogP contribution < -0.4 is 15.8 Å². The number of carbonyl (C=O) groups is 1. The van der Waals surface area contributed by atoms with Crippen molar-refractivity contribution in [1.82, 2.24) is 9.55 Å². The van der Waals surface area contributed by atoms with Crippen LogP contribution in [-0.4, -0.2) is 22.6 Å². The molecule has 1 aromatic heterocycles. The number of rotatable bonds is 4. The van der Waals surface area contributed by atoms with E-state index in [9.17, 15) is 4.79 Å². The molecule has 3 N–H and O–H groups in total. The molecule has 0 aliphatic heterocycles. The van der Waals surface area contributed by atoms with Crippen LogP contribution in [0.3, 0.4) is 0 Å². The maximum Gasteiger partial charge on any atom is 0.274 e. The van der Waals surface area contributed by atoms with E-state index in [1.807, 2.05) is 6.07 Å². The Kier molecular flexibility index (Phi) is 3.82. The fourth-order valence-electron chi connectivity index (χ4n) is 1.73. The van der Waals surface area contributed by atoms with Gasteiger partial charge in [0.15, 0.2) is 0 Å². The van der Waals surface area contributed by atoms with E-state index >= 15 is 0 Å². The topological polar surface area (TPSA) is 82.2 Å². The number of anilines is 1. The minimum absolute atomic E-state index is 0.237. The van der Waals surface area contributed by atoms with Gasteiger partial charge in [-0.15, -0.1) is 0 Å². The molecule has 0 radical (unpaired) electrons. The molecular formula is C13H16N4O2. The second kappa shape index (κ2) is 5.53. The number of ether oxygens (including phenoxy) is 1. The monoisotopic (exact) mass is 260 g/mol. The number of carbonyl (C=O) groups excluding carboxylic acids is 1. The van der Waals surface area contributed by atoms with Gasteiger partial charge in [0.1, 0.15) is 11.4 Å². The van der Waals surface area contributed by atoms with Crippen molar-refractivity contribution < 1.29 is 9.53 Å². The first-order chi connectivity index (χ1) is 9.15. The highest BCUT2D eigenvalue weighted by Crippen LogP contribution is 2.25. The SMILES string of the molecule is COc1cc(CN)ccc1NC(=O)c1cncn1C. The molecule has 0 saturated carbocycles. The van der Waals surface area contributed by atoms with Crippen LogP contribution in [0.5, 0.6) is 5.75 Å². The largest absolute Gasteiger partial charge is 0.495 e. The fourth-order valence-corrected chi connectivity index (χ4v) is 1.73. The third-order valence-electron chi connectivity index (χ3n) is 2.80. The highest BCUT2D eigenvalue weighted by Gasteiger charge is 2.12. The Morgan fingerprint density at radius 3 is 2.89 bits per heavy atom. The summed E-state index contributed by atoms with van der Waals surface area (Å²) < 4.78 is 6.89. The van der Waals surface area contributed by atoms with Gasteiger partial charge < -0.3 is 20.4 Å². The average Bonchev–Trinajstić information content (AvgIpc) is 2.85. The van der Waals surface area contributed by atoms with E-state index in [0.29, 0.717) is 23.7 Å². The standard InChI is InChI=1S/C13H16N4O2/c1-17-8-15-7-11(17)13(18)16-10-4-3-9(6-14)5-12(10)19-2/h3-5,7-8H,6,14H2,1-2H3,(H,16,18). The van der Waals surface area contributed by atoms with Crippen LogP contribution in [0, 0.1) is 0 Å². The molecule has 6 nitrogen and oxygen atoms in total. The average molecular weight is 260 g/mol. The van der Waals surface area contributed by atoms with Gasteiger partial charge in [0, 0.05) is 13.6 Å². The van der Waals surface area contributed by atoms with Gasteiger partial charge in [-0.1, -0.05) is 6.07 Å². The Bertz CT molecular complexity index is 592.